The van der Waals surface area contributed by atoms with Crippen LogP contribution < -0.4 is 9.47 Å². The van der Waals surface area contributed by atoms with Crippen LogP contribution in [0.25, 0.3) is 0 Å². The summed E-state index contributed by atoms with van der Waals surface area (Å²) in [6, 6.07) is 13.0. The standard InChI is InChI=1S/C19H20BrF3O2/c1-14-17(20)9-6-10-18(14)25-16-8-5-7-15(13-16)24-12-4-2-3-11-19(21,22)23/h5-10,13H,2-4,11-12H2,1H3. The first kappa shape index (κ1) is 19.6. The van der Waals surface area contributed by atoms with Crippen molar-refractivity contribution in [3.05, 3.63) is 52.5 Å². The first-order valence-electron chi connectivity index (χ1n) is 8.08. The van der Waals surface area contributed by atoms with Crippen molar-refractivity contribution in [1.29, 1.82) is 0 Å². The highest BCUT2D eigenvalue weighted by atomic mass is 79.9. The van der Waals surface area contributed by atoms with Gasteiger partial charge in [0.25, 0.3) is 0 Å². The van der Waals surface area contributed by atoms with Crippen LogP contribution in [0.15, 0.2) is 46.9 Å². The van der Waals surface area contributed by atoms with Gasteiger partial charge in [-0.3, -0.25) is 0 Å². The van der Waals surface area contributed by atoms with Gasteiger partial charge in [0, 0.05) is 22.5 Å². The third-order valence-corrected chi connectivity index (χ3v) is 4.48. The number of rotatable bonds is 8. The van der Waals surface area contributed by atoms with E-state index in [0.29, 0.717) is 30.9 Å². The third-order valence-electron chi connectivity index (χ3n) is 3.62. The molecule has 0 heterocycles. The monoisotopic (exact) mass is 416 g/mol. The molecule has 0 saturated carbocycles. The van der Waals surface area contributed by atoms with Crippen LogP contribution in [0.5, 0.6) is 17.2 Å². The van der Waals surface area contributed by atoms with Crippen molar-refractivity contribution in [1.82, 2.24) is 0 Å². The first-order valence-corrected chi connectivity index (χ1v) is 8.87. The quantitative estimate of drug-likeness (QED) is 0.429. The fraction of sp³-hybridized carbons (Fsp3) is 0.368. The average molecular weight is 417 g/mol. The van der Waals surface area contributed by atoms with Crippen LogP contribution in [0.1, 0.15) is 31.2 Å². The molecule has 0 aliphatic rings. The van der Waals surface area contributed by atoms with E-state index >= 15 is 0 Å². The summed E-state index contributed by atoms with van der Waals surface area (Å²) in [5.41, 5.74) is 0.999. The van der Waals surface area contributed by atoms with E-state index in [-0.39, 0.29) is 6.42 Å². The summed E-state index contributed by atoms with van der Waals surface area (Å²) in [6.07, 6.45) is -3.59. The number of ether oxygens (including phenoxy) is 2. The molecule has 0 bridgehead atoms. The van der Waals surface area contributed by atoms with Crippen molar-refractivity contribution in [2.75, 3.05) is 6.61 Å². The van der Waals surface area contributed by atoms with Gasteiger partial charge >= 0.3 is 6.18 Å². The van der Waals surface area contributed by atoms with E-state index in [1.807, 2.05) is 37.3 Å². The lowest BCUT2D eigenvalue weighted by Gasteiger charge is -2.12. The Morgan fingerprint density at radius 1 is 0.960 bits per heavy atom. The Labute approximate surface area is 154 Å². The molecule has 0 unspecified atom stereocenters. The Morgan fingerprint density at radius 2 is 1.68 bits per heavy atom. The highest BCUT2D eigenvalue weighted by Gasteiger charge is 2.25. The second-order valence-electron chi connectivity index (χ2n) is 5.71. The molecule has 25 heavy (non-hydrogen) atoms. The fourth-order valence-corrected chi connectivity index (χ4v) is 2.60. The summed E-state index contributed by atoms with van der Waals surface area (Å²) in [5, 5.41) is 0. The molecule has 0 aromatic heterocycles. The van der Waals surface area contributed by atoms with E-state index in [4.69, 9.17) is 9.47 Å². The van der Waals surface area contributed by atoms with Crippen molar-refractivity contribution in [3.63, 3.8) is 0 Å². The number of alkyl halides is 3. The van der Waals surface area contributed by atoms with Gasteiger partial charge < -0.3 is 9.47 Å². The zero-order valence-electron chi connectivity index (χ0n) is 13.9. The smallest absolute Gasteiger partial charge is 0.389 e. The van der Waals surface area contributed by atoms with Gasteiger partial charge in [-0.05, 0) is 50.5 Å². The van der Waals surface area contributed by atoms with Gasteiger partial charge in [0.15, 0.2) is 0 Å². The van der Waals surface area contributed by atoms with Gasteiger partial charge in [0.2, 0.25) is 0 Å². The number of unbranched alkanes of at least 4 members (excludes halogenated alkanes) is 2. The summed E-state index contributed by atoms with van der Waals surface area (Å²) in [7, 11) is 0. The molecule has 6 heteroatoms. The van der Waals surface area contributed by atoms with Crippen LogP contribution in [-0.4, -0.2) is 12.8 Å². The molecule has 2 aromatic carbocycles. The zero-order valence-corrected chi connectivity index (χ0v) is 15.5. The summed E-state index contributed by atoms with van der Waals surface area (Å²) in [5.74, 6) is 2.04. The second kappa shape index (κ2) is 9.13. The van der Waals surface area contributed by atoms with Gasteiger partial charge in [0.05, 0.1) is 6.61 Å². The Kier molecular flexibility index (Phi) is 7.17. The second-order valence-corrected chi connectivity index (χ2v) is 6.57. The molecule has 0 saturated heterocycles. The average Bonchev–Trinajstić information content (AvgIpc) is 2.54. The minimum Gasteiger partial charge on any atom is -0.493 e. The predicted molar refractivity (Wildman–Crippen MR) is 95.4 cm³/mol. The van der Waals surface area contributed by atoms with Gasteiger partial charge in [-0.2, -0.15) is 13.2 Å². The molecule has 0 radical (unpaired) electrons. The Hall–Kier alpha value is -1.69. The summed E-state index contributed by atoms with van der Waals surface area (Å²) >= 11 is 3.47. The van der Waals surface area contributed by atoms with E-state index in [1.165, 1.54) is 0 Å². The Morgan fingerprint density at radius 3 is 2.44 bits per heavy atom. The largest absolute Gasteiger partial charge is 0.493 e. The maximum absolute atomic E-state index is 12.1. The maximum Gasteiger partial charge on any atom is 0.389 e. The molecule has 0 spiro atoms. The van der Waals surface area contributed by atoms with Gasteiger partial charge in [0.1, 0.15) is 17.2 Å². The molecule has 0 atom stereocenters. The third kappa shape index (κ3) is 6.98. The Bertz CT molecular complexity index is 687. The molecular weight excluding hydrogens is 397 g/mol. The summed E-state index contributed by atoms with van der Waals surface area (Å²) in [4.78, 5) is 0. The molecule has 2 rings (SSSR count). The van der Waals surface area contributed by atoms with Crippen LogP contribution in [0.4, 0.5) is 13.2 Å². The van der Waals surface area contributed by atoms with Crippen LogP contribution >= 0.6 is 15.9 Å². The fourth-order valence-electron chi connectivity index (χ4n) is 2.25. The topological polar surface area (TPSA) is 18.5 Å². The van der Waals surface area contributed by atoms with E-state index in [9.17, 15) is 13.2 Å². The van der Waals surface area contributed by atoms with Gasteiger partial charge in [-0.25, -0.2) is 0 Å². The van der Waals surface area contributed by atoms with Crippen molar-refractivity contribution < 1.29 is 22.6 Å². The molecule has 2 aromatic rings. The first-order chi connectivity index (χ1) is 11.8. The van der Waals surface area contributed by atoms with Crippen molar-refractivity contribution >= 4 is 15.9 Å². The Balaban J connectivity index is 1.82. The molecule has 0 N–H and O–H groups in total. The number of benzene rings is 2. The predicted octanol–water partition coefficient (Wildman–Crippen LogP) is 7.05. The maximum atomic E-state index is 12.1. The van der Waals surface area contributed by atoms with Crippen molar-refractivity contribution in [2.45, 2.75) is 38.8 Å². The van der Waals surface area contributed by atoms with E-state index in [0.717, 1.165) is 15.8 Å². The number of halogens is 4. The zero-order chi connectivity index (χ0) is 18.3. The van der Waals surface area contributed by atoms with Crippen molar-refractivity contribution in [3.8, 4) is 17.2 Å². The van der Waals surface area contributed by atoms with E-state index in [2.05, 4.69) is 15.9 Å². The molecule has 0 aliphatic heterocycles. The number of hydrogen-bond donors (Lipinski definition) is 0. The molecule has 0 fully saturated rings. The van der Waals surface area contributed by atoms with Gasteiger partial charge in [-0.15, -0.1) is 0 Å². The van der Waals surface area contributed by atoms with E-state index in [1.54, 1.807) is 12.1 Å². The highest BCUT2D eigenvalue weighted by molar-refractivity contribution is 9.10. The molecule has 136 valence electrons. The lowest BCUT2D eigenvalue weighted by Crippen LogP contribution is -2.06. The van der Waals surface area contributed by atoms with Gasteiger partial charge in [-0.1, -0.05) is 28.1 Å². The minimum atomic E-state index is -4.07. The molecule has 2 nitrogen and oxygen atoms in total. The van der Waals surface area contributed by atoms with Crippen LogP contribution in [0, 0.1) is 6.92 Å². The minimum absolute atomic E-state index is 0.137. The highest BCUT2D eigenvalue weighted by Crippen LogP contribution is 2.31. The van der Waals surface area contributed by atoms with E-state index < -0.39 is 12.6 Å². The lowest BCUT2D eigenvalue weighted by molar-refractivity contribution is -0.135. The summed E-state index contributed by atoms with van der Waals surface area (Å²) in [6.45, 7) is 2.35. The number of hydrogen-bond acceptors (Lipinski definition) is 2. The lowest BCUT2D eigenvalue weighted by atomic mass is 10.2. The molecule has 0 aliphatic carbocycles. The normalized spacial score (nSPS) is 11.4. The molecular formula is C19H20BrF3O2. The van der Waals surface area contributed by atoms with Crippen molar-refractivity contribution in [2.24, 2.45) is 0 Å². The SMILES string of the molecule is Cc1c(Br)cccc1Oc1cccc(OCCCCCC(F)(F)F)c1. The summed E-state index contributed by atoms with van der Waals surface area (Å²) < 4.78 is 48.6. The molecule has 0 amide bonds. The van der Waals surface area contributed by atoms with Crippen LogP contribution in [0.3, 0.4) is 0 Å². The van der Waals surface area contributed by atoms with Crippen LogP contribution in [-0.2, 0) is 0 Å². The van der Waals surface area contributed by atoms with Crippen LogP contribution in [0.2, 0.25) is 0 Å².